The summed E-state index contributed by atoms with van der Waals surface area (Å²) in [5.74, 6) is 1.98. The van der Waals surface area contributed by atoms with Crippen molar-refractivity contribution in [2.75, 3.05) is 0 Å². The van der Waals surface area contributed by atoms with Crippen LogP contribution in [0.4, 0.5) is 0 Å². The molecule has 1 N–H and O–H groups in total. The summed E-state index contributed by atoms with van der Waals surface area (Å²) < 4.78 is 7.88. The molecule has 4 heteroatoms. The maximum Gasteiger partial charge on any atom is 0.126 e. The molecule has 2 aromatic heterocycles. The summed E-state index contributed by atoms with van der Waals surface area (Å²) in [6.45, 7) is 3.62. The summed E-state index contributed by atoms with van der Waals surface area (Å²) in [7, 11) is 0. The second kappa shape index (κ2) is 5.04. The number of fused-ring (bicyclic) bond motifs is 1. The monoisotopic (exact) mass is 281 g/mol. The van der Waals surface area contributed by atoms with Crippen LogP contribution in [0.1, 0.15) is 29.9 Å². The van der Waals surface area contributed by atoms with Gasteiger partial charge in [-0.15, -0.1) is 0 Å². The highest BCUT2D eigenvalue weighted by molar-refractivity contribution is 5.78. The van der Waals surface area contributed by atoms with Gasteiger partial charge in [0.05, 0.1) is 18.3 Å². The highest BCUT2D eigenvalue weighted by Crippen LogP contribution is 2.22. The number of furan rings is 1. The molecule has 0 saturated heterocycles. The van der Waals surface area contributed by atoms with Crippen LogP contribution in [-0.2, 0) is 13.1 Å². The predicted molar refractivity (Wildman–Crippen MR) is 82.1 cm³/mol. The molecule has 0 spiro atoms. The number of hydrogen-bond donors (Lipinski definition) is 1. The third-order valence-corrected chi connectivity index (χ3v) is 4.09. The quantitative estimate of drug-likeness (QED) is 0.780. The molecule has 0 radical (unpaired) electrons. The molecule has 3 aromatic rings. The number of para-hydroxylation sites is 1. The Bertz CT molecular complexity index is 767. The fraction of sp³-hybridized carbons (Fsp3) is 0.353. The first kappa shape index (κ1) is 12.7. The van der Waals surface area contributed by atoms with Crippen molar-refractivity contribution < 1.29 is 4.42 Å². The number of aromatic nitrogens is 2. The number of benzene rings is 1. The van der Waals surface area contributed by atoms with Crippen LogP contribution in [0.2, 0.25) is 0 Å². The molecule has 0 bridgehead atoms. The zero-order chi connectivity index (χ0) is 14.2. The minimum atomic E-state index is 0.678. The van der Waals surface area contributed by atoms with E-state index >= 15 is 0 Å². The maximum absolute atomic E-state index is 5.89. The Morgan fingerprint density at radius 1 is 1.33 bits per heavy atom. The number of rotatable bonds is 5. The van der Waals surface area contributed by atoms with E-state index in [-0.39, 0.29) is 0 Å². The summed E-state index contributed by atoms with van der Waals surface area (Å²) in [6, 6.07) is 11.1. The Balaban J connectivity index is 1.54. The highest BCUT2D eigenvalue weighted by Gasteiger charge is 2.21. The van der Waals surface area contributed by atoms with E-state index in [1.165, 1.54) is 18.4 Å². The normalized spacial score (nSPS) is 14.9. The summed E-state index contributed by atoms with van der Waals surface area (Å²) in [4.78, 5) is 0. The number of nitrogens with zero attached hydrogens (tertiary/aromatic N) is 2. The van der Waals surface area contributed by atoms with Gasteiger partial charge in [0.25, 0.3) is 0 Å². The fourth-order valence-corrected chi connectivity index (χ4v) is 2.68. The second-order valence-electron chi connectivity index (χ2n) is 5.81. The van der Waals surface area contributed by atoms with Gasteiger partial charge in [-0.1, -0.05) is 18.2 Å². The fourth-order valence-electron chi connectivity index (χ4n) is 2.68. The minimum absolute atomic E-state index is 0.678. The lowest BCUT2D eigenvalue weighted by Gasteiger charge is -2.00. The lowest BCUT2D eigenvalue weighted by molar-refractivity contribution is 0.459. The third-order valence-electron chi connectivity index (χ3n) is 4.09. The van der Waals surface area contributed by atoms with Gasteiger partial charge in [-0.2, -0.15) is 5.10 Å². The van der Waals surface area contributed by atoms with Gasteiger partial charge >= 0.3 is 0 Å². The van der Waals surface area contributed by atoms with Crippen molar-refractivity contribution in [2.24, 2.45) is 0 Å². The van der Waals surface area contributed by atoms with E-state index in [0.717, 1.165) is 35.0 Å². The van der Waals surface area contributed by atoms with Gasteiger partial charge in [0.1, 0.15) is 11.5 Å². The number of aryl methyl sites for hydroxylation is 1. The minimum Gasteiger partial charge on any atom is -0.464 e. The molecule has 2 heterocycles. The van der Waals surface area contributed by atoms with Gasteiger partial charge in [-0.05, 0) is 31.9 Å². The van der Waals surface area contributed by atoms with Crippen LogP contribution in [0.5, 0.6) is 0 Å². The highest BCUT2D eigenvalue weighted by atomic mass is 16.3. The lowest BCUT2D eigenvalue weighted by Crippen LogP contribution is -2.15. The van der Waals surface area contributed by atoms with Crippen LogP contribution in [0.25, 0.3) is 10.9 Å². The van der Waals surface area contributed by atoms with Crippen LogP contribution in [0, 0.1) is 6.92 Å². The van der Waals surface area contributed by atoms with Gasteiger partial charge in [0.2, 0.25) is 0 Å². The molecule has 1 fully saturated rings. The lowest BCUT2D eigenvalue weighted by atomic mass is 10.2. The Morgan fingerprint density at radius 2 is 2.19 bits per heavy atom. The third kappa shape index (κ3) is 2.59. The molecular weight excluding hydrogens is 262 g/mol. The second-order valence-corrected chi connectivity index (χ2v) is 5.81. The molecule has 4 nitrogen and oxygen atoms in total. The van der Waals surface area contributed by atoms with E-state index in [1.54, 1.807) is 0 Å². The van der Waals surface area contributed by atoms with Crippen LogP contribution in [0.3, 0.4) is 0 Å². The zero-order valence-electron chi connectivity index (χ0n) is 12.2. The van der Waals surface area contributed by atoms with Crippen molar-refractivity contribution in [1.29, 1.82) is 0 Å². The molecule has 1 aliphatic rings. The van der Waals surface area contributed by atoms with Gasteiger partial charge in [-0.3, -0.25) is 4.68 Å². The van der Waals surface area contributed by atoms with E-state index in [0.29, 0.717) is 6.54 Å². The van der Waals surface area contributed by atoms with Gasteiger partial charge in [0, 0.05) is 23.5 Å². The number of hydrogen-bond acceptors (Lipinski definition) is 3. The van der Waals surface area contributed by atoms with Crippen LogP contribution in [0.15, 0.2) is 40.9 Å². The van der Waals surface area contributed by atoms with Crippen molar-refractivity contribution in [3.05, 3.63) is 53.6 Å². The average molecular weight is 281 g/mol. The SMILES string of the molecule is Cc1oc(Cn2ncc3ccccc32)cc1CNC1CC1. The standard InChI is InChI=1S/C17H19N3O/c1-12-14(9-18-15-6-7-15)8-16(21-12)11-20-17-5-3-2-4-13(17)10-19-20/h2-5,8,10,15,18H,6-7,9,11H2,1H3. The van der Waals surface area contributed by atoms with E-state index in [2.05, 4.69) is 28.6 Å². The predicted octanol–water partition coefficient (Wildman–Crippen LogP) is 3.24. The van der Waals surface area contributed by atoms with Crippen molar-refractivity contribution in [2.45, 2.75) is 38.9 Å². The van der Waals surface area contributed by atoms with Crippen LogP contribution in [-0.4, -0.2) is 15.8 Å². The summed E-state index contributed by atoms with van der Waals surface area (Å²) in [6.07, 6.45) is 4.52. The van der Waals surface area contributed by atoms with E-state index in [4.69, 9.17) is 4.42 Å². The average Bonchev–Trinajstić information content (AvgIpc) is 3.14. The van der Waals surface area contributed by atoms with Crippen LogP contribution < -0.4 is 5.32 Å². The maximum atomic E-state index is 5.89. The summed E-state index contributed by atoms with van der Waals surface area (Å²) in [5, 5.41) is 9.15. The Hall–Kier alpha value is -2.07. The molecule has 0 atom stereocenters. The first-order chi connectivity index (χ1) is 10.3. The summed E-state index contributed by atoms with van der Waals surface area (Å²) >= 11 is 0. The molecule has 1 aromatic carbocycles. The molecule has 1 saturated carbocycles. The Labute approximate surface area is 123 Å². The van der Waals surface area contributed by atoms with Crippen LogP contribution >= 0.6 is 0 Å². The molecule has 1 aliphatic carbocycles. The number of nitrogens with one attached hydrogen (secondary N) is 1. The summed E-state index contributed by atoms with van der Waals surface area (Å²) in [5.41, 5.74) is 2.40. The Kier molecular flexibility index (Phi) is 3.04. The van der Waals surface area contributed by atoms with E-state index in [1.807, 2.05) is 29.9 Å². The smallest absolute Gasteiger partial charge is 0.126 e. The van der Waals surface area contributed by atoms with E-state index < -0.39 is 0 Å². The van der Waals surface area contributed by atoms with Crippen molar-refractivity contribution in [1.82, 2.24) is 15.1 Å². The van der Waals surface area contributed by atoms with Crippen molar-refractivity contribution >= 4 is 10.9 Å². The molecule has 4 rings (SSSR count). The van der Waals surface area contributed by atoms with E-state index in [9.17, 15) is 0 Å². The van der Waals surface area contributed by atoms with Crippen molar-refractivity contribution in [3.8, 4) is 0 Å². The van der Waals surface area contributed by atoms with Crippen molar-refractivity contribution in [3.63, 3.8) is 0 Å². The molecule has 0 aliphatic heterocycles. The Morgan fingerprint density at radius 3 is 3.05 bits per heavy atom. The van der Waals surface area contributed by atoms with Gasteiger partial charge in [0.15, 0.2) is 0 Å². The molecular formula is C17H19N3O. The molecule has 0 unspecified atom stereocenters. The topological polar surface area (TPSA) is 43.0 Å². The molecule has 21 heavy (non-hydrogen) atoms. The molecule has 108 valence electrons. The first-order valence-corrected chi connectivity index (χ1v) is 7.52. The zero-order valence-corrected chi connectivity index (χ0v) is 12.2. The first-order valence-electron chi connectivity index (χ1n) is 7.52. The van der Waals surface area contributed by atoms with Gasteiger partial charge in [-0.25, -0.2) is 0 Å². The van der Waals surface area contributed by atoms with Gasteiger partial charge < -0.3 is 9.73 Å². The largest absolute Gasteiger partial charge is 0.464 e. The molecule has 0 amide bonds.